The largest absolute Gasteiger partial charge is 0.489 e. The molecule has 0 unspecified atom stereocenters. The van der Waals surface area contributed by atoms with Crippen molar-refractivity contribution in [1.29, 1.82) is 0 Å². The van der Waals surface area contributed by atoms with Crippen molar-refractivity contribution in [1.82, 2.24) is 9.79 Å². The number of carbonyl (C=O) groups excluding carboxylic acids is 1. The first-order valence-electron chi connectivity index (χ1n) is 11.3. The second-order valence-corrected chi connectivity index (χ2v) is 9.23. The standard InChI is InChI=1S/C23H25BN4O5/c24-27-7-1-2-15-10-26(13-23(15,27)31)16-4-5-17(25-9-16)14-3-6-18-20(8-14)32-12-19-21(11-29)33-22(30)28(18)19/h3-6,8-9,15,19,21,29,31H,1-2,7,10-13H2/t15-,19-,21-,23-/m0/s1. The number of aliphatic hydroxyl groups is 2. The van der Waals surface area contributed by atoms with Gasteiger partial charge in [-0.3, -0.25) is 9.88 Å². The Labute approximate surface area is 192 Å². The lowest BCUT2D eigenvalue weighted by Crippen LogP contribution is -2.56. The van der Waals surface area contributed by atoms with E-state index in [4.69, 9.17) is 17.5 Å². The Bertz CT molecular complexity index is 1090. The topological polar surface area (TPSA) is 98.6 Å². The van der Waals surface area contributed by atoms with Gasteiger partial charge in [0.05, 0.1) is 36.4 Å². The Kier molecular flexibility index (Phi) is 4.79. The minimum atomic E-state index is -0.990. The van der Waals surface area contributed by atoms with Gasteiger partial charge in [-0.05, 0) is 43.7 Å². The van der Waals surface area contributed by atoms with Crippen molar-refractivity contribution in [2.45, 2.75) is 30.7 Å². The van der Waals surface area contributed by atoms with Gasteiger partial charge in [-0.25, -0.2) is 4.79 Å². The van der Waals surface area contributed by atoms with E-state index in [0.29, 0.717) is 24.5 Å². The van der Waals surface area contributed by atoms with Crippen molar-refractivity contribution in [2.75, 3.05) is 42.6 Å². The number of fused-ring (bicyclic) bond motifs is 4. The van der Waals surface area contributed by atoms with Crippen molar-refractivity contribution < 1.29 is 24.5 Å². The normalized spacial score (nSPS) is 31.0. The molecule has 1 aromatic heterocycles. The third-order valence-corrected chi connectivity index (χ3v) is 7.39. The van der Waals surface area contributed by atoms with E-state index in [-0.39, 0.29) is 25.2 Å². The van der Waals surface area contributed by atoms with Crippen molar-refractivity contribution >= 4 is 25.4 Å². The van der Waals surface area contributed by atoms with Gasteiger partial charge in [-0.2, -0.15) is 0 Å². The summed E-state index contributed by atoms with van der Waals surface area (Å²) < 4.78 is 11.1. The highest BCUT2D eigenvalue weighted by Gasteiger charge is 2.49. The van der Waals surface area contributed by atoms with E-state index in [1.165, 1.54) is 0 Å². The zero-order chi connectivity index (χ0) is 22.7. The Hall–Kier alpha value is -2.82. The fourth-order valence-electron chi connectivity index (χ4n) is 5.52. The molecule has 1 aromatic carbocycles. The molecule has 0 saturated carbocycles. The molecular weight excluding hydrogens is 423 g/mol. The molecule has 9 nitrogen and oxygen atoms in total. The number of cyclic esters (lactones) is 1. The zero-order valence-electron chi connectivity index (χ0n) is 18.1. The van der Waals surface area contributed by atoms with Gasteiger partial charge in [0.15, 0.2) is 14.1 Å². The summed E-state index contributed by atoms with van der Waals surface area (Å²) in [7, 11) is 6.09. The number of rotatable bonds is 3. The molecule has 5 heterocycles. The molecule has 1 amide bonds. The maximum atomic E-state index is 12.3. The van der Waals surface area contributed by atoms with Gasteiger partial charge in [-0.15, -0.1) is 0 Å². The summed E-state index contributed by atoms with van der Waals surface area (Å²) in [4.78, 5) is 22.2. The maximum absolute atomic E-state index is 12.3. The van der Waals surface area contributed by atoms with Gasteiger partial charge in [0, 0.05) is 18.0 Å². The highest BCUT2D eigenvalue weighted by molar-refractivity contribution is 6.05. The molecule has 33 heavy (non-hydrogen) atoms. The van der Waals surface area contributed by atoms with Crippen LogP contribution in [0.2, 0.25) is 0 Å². The molecule has 4 aliphatic rings. The third-order valence-electron chi connectivity index (χ3n) is 7.39. The van der Waals surface area contributed by atoms with E-state index in [9.17, 15) is 15.0 Å². The molecule has 0 aliphatic carbocycles. The van der Waals surface area contributed by atoms with Crippen LogP contribution in [0.5, 0.6) is 5.75 Å². The van der Waals surface area contributed by atoms with Crippen LogP contribution in [0, 0.1) is 5.92 Å². The molecule has 0 spiro atoms. The van der Waals surface area contributed by atoms with E-state index < -0.39 is 17.9 Å². The average Bonchev–Trinajstić information content (AvgIpc) is 3.37. The van der Waals surface area contributed by atoms with Crippen LogP contribution in [0.15, 0.2) is 36.5 Å². The summed E-state index contributed by atoms with van der Waals surface area (Å²) in [5.41, 5.74) is 2.23. The van der Waals surface area contributed by atoms with Crippen LogP contribution in [0.3, 0.4) is 0 Å². The summed E-state index contributed by atoms with van der Waals surface area (Å²) in [6.07, 6.45) is 2.72. The van der Waals surface area contributed by atoms with Crippen LogP contribution in [-0.2, 0) is 4.74 Å². The number of aliphatic hydroxyl groups excluding tert-OH is 1. The number of amides is 1. The summed E-state index contributed by atoms with van der Waals surface area (Å²) in [6, 6.07) is 9.20. The first-order valence-corrected chi connectivity index (χ1v) is 11.3. The SMILES string of the molecule is [B]N1CCC[C@H]2CN(c3ccc(-c4ccc5c(c4)OC[C@H]4[C@H](CO)OC(=O)N54)nc3)C[C@]21O. The third kappa shape index (κ3) is 3.19. The molecule has 4 atom stereocenters. The number of carbonyl (C=O) groups is 1. The van der Waals surface area contributed by atoms with Crippen molar-refractivity contribution in [3.8, 4) is 17.0 Å². The molecule has 0 bridgehead atoms. The van der Waals surface area contributed by atoms with Crippen molar-refractivity contribution in [3.05, 3.63) is 36.5 Å². The predicted molar refractivity (Wildman–Crippen MR) is 121 cm³/mol. The molecule has 6 rings (SSSR count). The molecule has 10 heteroatoms. The van der Waals surface area contributed by atoms with Crippen LogP contribution in [0.25, 0.3) is 11.3 Å². The Morgan fingerprint density at radius 1 is 1.27 bits per heavy atom. The quantitative estimate of drug-likeness (QED) is 0.675. The molecule has 170 valence electrons. The molecule has 3 saturated heterocycles. The Morgan fingerprint density at radius 3 is 2.91 bits per heavy atom. The zero-order valence-corrected chi connectivity index (χ0v) is 18.1. The van der Waals surface area contributed by atoms with Crippen LogP contribution in [-0.4, -0.2) is 84.8 Å². The van der Waals surface area contributed by atoms with Gasteiger partial charge in [0.25, 0.3) is 0 Å². The van der Waals surface area contributed by atoms with Gasteiger partial charge < -0.3 is 29.4 Å². The average molecular weight is 448 g/mol. The highest BCUT2D eigenvalue weighted by Crippen LogP contribution is 2.42. The number of hydrogen-bond acceptors (Lipinski definition) is 8. The monoisotopic (exact) mass is 448 g/mol. The number of hydrogen-bond donors (Lipinski definition) is 2. The van der Waals surface area contributed by atoms with Gasteiger partial charge in [-0.1, -0.05) is 6.07 Å². The molecular formula is C23H25BN4O5. The summed E-state index contributed by atoms with van der Waals surface area (Å²) in [6.45, 7) is 1.94. The van der Waals surface area contributed by atoms with Crippen molar-refractivity contribution in [2.24, 2.45) is 5.92 Å². The lowest BCUT2D eigenvalue weighted by Gasteiger charge is -2.42. The predicted octanol–water partition coefficient (Wildman–Crippen LogP) is 1.13. The second-order valence-electron chi connectivity index (χ2n) is 9.23. The number of β-amino-alcohol motifs (C(OH)–C–C–N with tert-alkyl or cyclic N) is 1. The first-order chi connectivity index (χ1) is 16.0. The van der Waals surface area contributed by atoms with Crippen LogP contribution >= 0.6 is 0 Å². The van der Waals surface area contributed by atoms with Crippen LogP contribution in [0.4, 0.5) is 16.2 Å². The van der Waals surface area contributed by atoms with E-state index in [0.717, 1.165) is 36.3 Å². The molecule has 2 radical (unpaired) electrons. The second kappa shape index (κ2) is 7.61. The van der Waals surface area contributed by atoms with E-state index in [2.05, 4.69) is 9.88 Å². The molecule has 3 fully saturated rings. The Morgan fingerprint density at radius 2 is 2.15 bits per heavy atom. The number of anilines is 2. The number of nitrogens with zero attached hydrogens (tertiary/aromatic N) is 4. The lowest BCUT2D eigenvalue weighted by molar-refractivity contribution is -0.0982. The van der Waals surface area contributed by atoms with E-state index >= 15 is 0 Å². The Balaban J connectivity index is 1.22. The van der Waals surface area contributed by atoms with Crippen LogP contribution < -0.4 is 14.5 Å². The van der Waals surface area contributed by atoms with E-state index in [1.54, 1.807) is 9.71 Å². The summed E-state index contributed by atoms with van der Waals surface area (Å²) >= 11 is 0. The first kappa shape index (κ1) is 20.8. The number of ether oxygens (including phenoxy) is 2. The maximum Gasteiger partial charge on any atom is 0.415 e. The van der Waals surface area contributed by atoms with Gasteiger partial charge >= 0.3 is 6.09 Å². The molecule has 4 aliphatic heterocycles. The molecule has 2 aromatic rings. The number of benzene rings is 1. The smallest absolute Gasteiger partial charge is 0.415 e. The van der Waals surface area contributed by atoms with Gasteiger partial charge in [0.1, 0.15) is 24.1 Å². The number of aromatic nitrogens is 1. The minimum absolute atomic E-state index is 0.125. The number of pyridine rings is 1. The fourth-order valence-corrected chi connectivity index (χ4v) is 5.52. The van der Waals surface area contributed by atoms with Gasteiger partial charge in [0.2, 0.25) is 0 Å². The summed E-state index contributed by atoms with van der Waals surface area (Å²) in [5, 5.41) is 20.5. The number of piperidine rings is 1. The molecule has 2 N–H and O–H groups in total. The van der Waals surface area contributed by atoms with Crippen molar-refractivity contribution in [3.63, 3.8) is 0 Å². The highest BCUT2D eigenvalue weighted by atomic mass is 16.6. The lowest BCUT2D eigenvalue weighted by atomic mass is 9.86. The minimum Gasteiger partial charge on any atom is -0.489 e. The van der Waals surface area contributed by atoms with Crippen LogP contribution in [0.1, 0.15) is 12.8 Å². The van der Waals surface area contributed by atoms with E-state index in [1.807, 2.05) is 36.5 Å². The fraction of sp³-hybridized carbons (Fsp3) is 0.478. The summed E-state index contributed by atoms with van der Waals surface area (Å²) in [5.74, 6) is 0.708.